The third-order valence-corrected chi connectivity index (χ3v) is 3.09. The highest BCUT2D eigenvalue weighted by molar-refractivity contribution is 4.99. The zero-order chi connectivity index (χ0) is 12.8. The van der Waals surface area contributed by atoms with Crippen molar-refractivity contribution >= 4 is 0 Å². The summed E-state index contributed by atoms with van der Waals surface area (Å²) in [5.41, 5.74) is 1.28. The lowest BCUT2D eigenvalue weighted by molar-refractivity contribution is 0.105. The summed E-state index contributed by atoms with van der Waals surface area (Å²) in [7, 11) is 0. The van der Waals surface area contributed by atoms with Gasteiger partial charge in [0.15, 0.2) is 0 Å². The third kappa shape index (κ3) is 4.78. The van der Waals surface area contributed by atoms with Gasteiger partial charge in [-0.1, -0.05) is 13.8 Å². The minimum Gasteiger partial charge on any atom is -0.381 e. The first-order chi connectivity index (χ1) is 8.75. The van der Waals surface area contributed by atoms with Crippen molar-refractivity contribution in [2.24, 2.45) is 5.92 Å². The lowest BCUT2D eigenvalue weighted by Gasteiger charge is -2.10. The molecule has 0 radical (unpaired) electrons. The molecule has 1 N–H and O–H groups in total. The van der Waals surface area contributed by atoms with Crippen molar-refractivity contribution in [3.8, 4) is 0 Å². The molecule has 1 saturated carbocycles. The van der Waals surface area contributed by atoms with Crippen molar-refractivity contribution in [2.45, 2.75) is 52.2 Å². The maximum atomic E-state index is 5.59. The molecule has 1 aromatic rings. The van der Waals surface area contributed by atoms with E-state index in [1.165, 1.54) is 18.5 Å². The molecular weight excluding hydrogens is 226 g/mol. The average molecular weight is 251 g/mol. The molecule has 1 fully saturated rings. The molecule has 0 amide bonds. The number of aromatic nitrogens is 2. The second kappa shape index (κ2) is 6.90. The van der Waals surface area contributed by atoms with Gasteiger partial charge in [0, 0.05) is 38.5 Å². The summed E-state index contributed by atoms with van der Waals surface area (Å²) in [6.45, 7) is 8.00. The molecule has 0 aliphatic heterocycles. The zero-order valence-corrected chi connectivity index (χ0v) is 11.6. The van der Waals surface area contributed by atoms with Crippen LogP contribution in [0.3, 0.4) is 0 Å². The molecule has 0 spiro atoms. The maximum Gasteiger partial charge on any atom is 0.0948 e. The summed E-state index contributed by atoms with van der Waals surface area (Å²) < 4.78 is 7.82. The van der Waals surface area contributed by atoms with Crippen molar-refractivity contribution in [1.82, 2.24) is 14.9 Å². The predicted octanol–water partition coefficient (Wildman–Crippen LogP) is 2.20. The van der Waals surface area contributed by atoms with Gasteiger partial charge in [-0.2, -0.15) is 0 Å². The van der Waals surface area contributed by atoms with Gasteiger partial charge in [0.2, 0.25) is 0 Å². The smallest absolute Gasteiger partial charge is 0.0948 e. The van der Waals surface area contributed by atoms with Crippen LogP contribution in [0, 0.1) is 5.92 Å². The first-order valence-electron chi connectivity index (χ1n) is 7.06. The molecule has 1 aliphatic rings. The highest BCUT2D eigenvalue weighted by Gasteiger charge is 2.20. The van der Waals surface area contributed by atoms with E-state index in [4.69, 9.17) is 4.74 Å². The Morgan fingerprint density at radius 3 is 3.06 bits per heavy atom. The number of ether oxygens (including phenoxy) is 1. The van der Waals surface area contributed by atoms with Crippen LogP contribution >= 0.6 is 0 Å². The Bertz CT molecular complexity index is 345. The van der Waals surface area contributed by atoms with Gasteiger partial charge in [-0.3, -0.25) is 0 Å². The van der Waals surface area contributed by atoms with Gasteiger partial charge in [-0.25, -0.2) is 4.98 Å². The van der Waals surface area contributed by atoms with Crippen LogP contribution in [0.15, 0.2) is 12.5 Å². The monoisotopic (exact) mass is 251 g/mol. The van der Waals surface area contributed by atoms with E-state index >= 15 is 0 Å². The minimum absolute atomic E-state index is 0.622. The molecule has 4 heteroatoms. The predicted molar refractivity (Wildman–Crippen MR) is 72.4 cm³/mol. The van der Waals surface area contributed by atoms with Crippen LogP contribution < -0.4 is 5.32 Å². The van der Waals surface area contributed by atoms with Crippen LogP contribution in [0.2, 0.25) is 0 Å². The Kier molecular flexibility index (Phi) is 5.20. The van der Waals surface area contributed by atoms with E-state index in [1.807, 2.05) is 12.5 Å². The number of aryl methyl sites for hydroxylation is 1. The van der Waals surface area contributed by atoms with E-state index in [2.05, 4.69) is 28.7 Å². The molecule has 1 aliphatic carbocycles. The van der Waals surface area contributed by atoms with Crippen molar-refractivity contribution < 1.29 is 4.74 Å². The first-order valence-corrected chi connectivity index (χ1v) is 7.06. The van der Waals surface area contributed by atoms with Crippen molar-refractivity contribution in [1.29, 1.82) is 0 Å². The molecular formula is C14H25N3O. The van der Waals surface area contributed by atoms with E-state index in [0.717, 1.165) is 38.8 Å². The molecule has 0 aromatic carbocycles. The van der Waals surface area contributed by atoms with Gasteiger partial charge in [0.05, 0.1) is 12.0 Å². The third-order valence-electron chi connectivity index (χ3n) is 3.09. The van der Waals surface area contributed by atoms with Crippen LogP contribution in [-0.4, -0.2) is 28.8 Å². The topological polar surface area (TPSA) is 39.1 Å². The summed E-state index contributed by atoms with van der Waals surface area (Å²) >= 11 is 0. The largest absolute Gasteiger partial charge is 0.381 e. The fraction of sp³-hybridized carbons (Fsp3) is 0.786. The van der Waals surface area contributed by atoms with Crippen LogP contribution in [-0.2, 0) is 17.8 Å². The molecule has 1 aromatic heterocycles. The number of nitrogens with one attached hydrogen (secondary N) is 1. The van der Waals surface area contributed by atoms with Gasteiger partial charge in [0.25, 0.3) is 0 Å². The number of imidazole rings is 1. The highest BCUT2D eigenvalue weighted by Crippen LogP contribution is 2.19. The van der Waals surface area contributed by atoms with Crippen LogP contribution in [0.4, 0.5) is 0 Å². The Morgan fingerprint density at radius 1 is 1.50 bits per heavy atom. The Labute approximate surface area is 110 Å². The number of nitrogens with zero attached hydrogens (tertiary/aromatic N) is 2. The molecule has 0 saturated heterocycles. The van der Waals surface area contributed by atoms with Gasteiger partial charge < -0.3 is 14.6 Å². The standard InChI is InChI=1S/C14H25N3O/c1-12(2)10-18-7-3-6-17-11-15-8-14(17)9-16-13-4-5-13/h8,11-13,16H,3-7,9-10H2,1-2H3. The molecule has 2 rings (SSSR count). The summed E-state index contributed by atoms with van der Waals surface area (Å²) in [6, 6.07) is 0.753. The number of rotatable bonds is 9. The average Bonchev–Trinajstić information content (AvgIpc) is 3.06. The minimum atomic E-state index is 0.622. The van der Waals surface area contributed by atoms with Crippen molar-refractivity contribution in [2.75, 3.05) is 13.2 Å². The fourth-order valence-corrected chi connectivity index (χ4v) is 1.89. The van der Waals surface area contributed by atoms with Gasteiger partial charge in [0.1, 0.15) is 0 Å². The normalized spacial score (nSPS) is 15.5. The lowest BCUT2D eigenvalue weighted by atomic mass is 10.2. The quantitative estimate of drug-likeness (QED) is 0.684. The van der Waals surface area contributed by atoms with Gasteiger partial charge in [-0.05, 0) is 25.2 Å². The molecule has 0 unspecified atom stereocenters. The summed E-state index contributed by atoms with van der Waals surface area (Å²) in [5, 5.41) is 3.52. The van der Waals surface area contributed by atoms with E-state index in [0.29, 0.717) is 5.92 Å². The lowest BCUT2D eigenvalue weighted by Crippen LogP contribution is -2.18. The van der Waals surface area contributed by atoms with E-state index in [-0.39, 0.29) is 0 Å². The number of hydrogen-bond donors (Lipinski definition) is 1. The van der Waals surface area contributed by atoms with Crippen molar-refractivity contribution in [3.63, 3.8) is 0 Å². The second-order valence-corrected chi connectivity index (χ2v) is 5.56. The summed E-state index contributed by atoms with van der Waals surface area (Å²) in [4.78, 5) is 4.23. The zero-order valence-electron chi connectivity index (χ0n) is 11.6. The first kappa shape index (κ1) is 13.6. The Hall–Kier alpha value is -0.870. The Balaban J connectivity index is 1.63. The molecule has 4 nitrogen and oxygen atoms in total. The van der Waals surface area contributed by atoms with Gasteiger partial charge in [-0.15, -0.1) is 0 Å². The molecule has 18 heavy (non-hydrogen) atoms. The van der Waals surface area contributed by atoms with Crippen molar-refractivity contribution in [3.05, 3.63) is 18.2 Å². The van der Waals surface area contributed by atoms with Crippen LogP contribution in [0.1, 0.15) is 38.8 Å². The van der Waals surface area contributed by atoms with E-state index in [1.54, 1.807) is 0 Å². The summed E-state index contributed by atoms with van der Waals surface area (Å²) in [6.07, 6.45) is 7.60. The molecule has 0 bridgehead atoms. The van der Waals surface area contributed by atoms with E-state index in [9.17, 15) is 0 Å². The maximum absolute atomic E-state index is 5.59. The van der Waals surface area contributed by atoms with Crippen LogP contribution in [0.5, 0.6) is 0 Å². The summed E-state index contributed by atoms with van der Waals surface area (Å²) in [5.74, 6) is 0.622. The molecule has 1 heterocycles. The second-order valence-electron chi connectivity index (χ2n) is 5.56. The Morgan fingerprint density at radius 2 is 2.33 bits per heavy atom. The number of hydrogen-bond acceptors (Lipinski definition) is 3. The van der Waals surface area contributed by atoms with Crippen LogP contribution in [0.25, 0.3) is 0 Å². The van der Waals surface area contributed by atoms with E-state index < -0.39 is 0 Å². The highest BCUT2D eigenvalue weighted by atomic mass is 16.5. The SMILES string of the molecule is CC(C)COCCCn1cncc1CNC1CC1. The van der Waals surface area contributed by atoms with Gasteiger partial charge >= 0.3 is 0 Å². The fourth-order valence-electron chi connectivity index (χ4n) is 1.89. The molecule has 102 valence electrons. The molecule has 0 atom stereocenters.